The molecule has 0 amide bonds. The number of benzene rings is 9. The fraction of sp³-hybridized carbons (Fsp3) is 0. The van der Waals surface area contributed by atoms with E-state index >= 15 is 0 Å². The molecule has 272 valence electrons. The van der Waals surface area contributed by atoms with E-state index in [9.17, 15) is 0 Å². The lowest BCUT2D eigenvalue weighted by Gasteiger charge is -2.28. The molecule has 0 bridgehead atoms. The van der Waals surface area contributed by atoms with Crippen molar-refractivity contribution >= 4 is 82.9 Å². The van der Waals surface area contributed by atoms with E-state index in [4.69, 9.17) is 13.3 Å². The maximum atomic E-state index is 7.34. The van der Waals surface area contributed by atoms with E-state index in [0.717, 1.165) is 111 Å². The van der Waals surface area contributed by atoms with E-state index in [2.05, 4.69) is 175 Å². The minimum Gasteiger partial charge on any atom is -0.456 e. The fourth-order valence-electron chi connectivity index (χ4n) is 8.86. The molecule has 0 saturated heterocycles. The Hall–Kier alpha value is -7.82. The lowest BCUT2D eigenvalue weighted by Crippen LogP contribution is -2.11. The lowest BCUT2D eigenvalue weighted by molar-refractivity contribution is 0.664. The number of para-hydroxylation sites is 5. The second-order valence-corrected chi connectivity index (χ2v) is 14.8. The monoisotopic (exact) mass is 743 g/mol. The summed E-state index contributed by atoms with van der Waals surface area (Å²) >= 11 is 0. The van der Waals surface area contributed by atoms with Crippen molar-refractivity contribution in [3.8, 4) is 33.4 Å². The molecule has 0 saturated carbocycles. The third-order valence-corrected chi connectivity index (χ3v) is 11.5. The minimum absolute atomic E-state index is 0.771. The van der Waals surface area contributed by atoms with Crippen LogP contribution >= 0.6 is 0 Å². The summed E-state index contributed by atoms with van der Waals surface area (Å²) in [5.74, 6) is 0. The van der Waals surface area contributed by atoms with Gasteiger partial charge in [0.05, 0.1) is 17.1 Å². The Morgan fingerprint density at radius 1 is 0.293 bits per heavy atom. The Morgan fingerprint density at radius 3 is 1.55 bits per heavy atom. The second kappa shape index (κ2) is 12.9. The first-order chi connectivity index (χ1) is 28.8. The van der Waals surface area contributed by atoms with Gasteiger partial charge in [-0.2, -0.15) is 0 Å². The Morgan fingerprint density at radius 2 is 0.810 bits per heavy atom. The predicted molar refractivity (Wildman–Crippen MR) is 239 cm³/mol. The summed E-state index contributed by atoms with van der Waals surface area (Å²) in [6.07, 6.45) is 0. The van der Waals surface area contributed by atoms with Crippen molar-refractivity contribution in [3.05, 3.63) is 200 Å². The van der Waals surface area contributed by atoms with Crippen LogP contribution < -0.4 is 4.90 Å². The highest BCUT2D eigenvalue weighted by Gasteiger charge is 2.27. The van der Waals surface area contributed by atoms with Crippen LogP contribution in [-0.2, 0) is 0 Å². The Balaban J connectivity index is 1.17. The SMILES string of the molecule is c1ccc(-c2ccc(-c3c4oc5c(N(c6ccccc6-c6ccccc6)c6cccc7c6oc6ccccc67)cccc5c4cc4oc5ccccc5c34)cc2)cc1. The van der Waals surface area contributed by atoms with Crippen molar-refractivity contribution < 1.29 is 13.3 Å². The molecule has 0 aliphatic heterocycles. The number of rotatable bonds is 6. The van der Waals surface area contributed by atoms with Crippen LogP contribution in [-0.4, -0.2) is 0 Å². The van der Waals surface area contributed by atoms with Crippen LogP contribution in [0.25, 0.3) is 99.2 Å². The molecule has 0 atom stereocenters. The van der Waals surface area contributed by atoms with E-state index in [1.165, 1.54) is 5.56 Å². The maximum Gasteiger partial charge on any atom is 0.159 e. The van der Waals surface area contributed by atoms with Crippen molar-refractivity contribution in [3.63, 3.8) is 0 Å². The summed E-state index contributed by atoms with van der Waals surface area (Å²) in [5, 5.41) is 6.21. The van der Waals surface area contributed by atoms with Gasteiger partial charge < -0.3 is 18.2 Å². The van der Waals surface area contributed by atoms with E-state index in [0.29, 0.717) is 0 Å². The van der Waals surface area contributed by atoms with Gasteiger partial charge in [-0.25, -0.2) is 0 Å². The summed E-state index contributed by atoms with van der Waals surface area (Å²) in [4.78, 5) is 2.31. The van der Waals surface area contributed by atoms with Gasteiger partial charge in [-0.1, -0.05) is 164 Å². The summed E-state index contributed by atoms with van der Waals surface area (Å²) in [6, 6.07) is 69.9. The fourth-order valence-corrected chi connectivity index (χ4v) is 8.86. The highest BCUT2D eigenvalue weighted by molar-refractivity contribution is 6.25. The third-order valence-electron chi connectivity index (χ3n) is 11.5. The van der Waals surface area contributed by atoms with Gasteiger partial charge in [0.25, 0.3) is 0 Å². The first-order valence-electron chi connectivity index (χ1n) is 19.6. The second-order valence-electron chi connectivity index (χ2n) is 14.8. The molecule has 12 rings (SSSR count). The van der Waals surface area contributed by atoms with Crippen LogP contribution in [0.15, 0.2) is 213 Å². The molecule has 4 heteroatoms. The third kappa shape index (κ3) is 4.95. The van der Waals surface area contributed by atoms with Gasteiger partial charge in [-0.15, -0.1) is 0 Å². The molecular formula is C54H33NO3. The smallest absolute Gasteiger partial charge is 0.159 e. The van der Waals surface area contributed by atoms with Crippen LogP contribution in [0.5, 0.6) is 0 Å². The molecule has 0 fully saturated rings. The average Bonchev–Trinajstić information content (AvgIpc) is 3.99. The molecular weight excluding hydrogens is 711 g/mol. The van der Waals surface area contributed by atoms with Gasteiger partial charge in [0, 0.05) is 43.4 Å². The van der Waals surface area contributed by atoms with Gasteiger partial charge in [-0.3, -0.25) is 0 Å². The number of hydrogen-bond donors (Lipinski definition) is 0. The van der Waals surface area contributed by atoms with Crippen LogP contribution in [0.4, 0.5) is 17.1 Å². The van der Waals surface area contributed by atoms with E-state index in [1.807, 2.05) is 30.3 Å². The number of fused-ring (bicyclic) bond motifs is 9. The normalized spacial score (nSPS) is 11.8. The summed E-state index contributed by atoms with van der Waals surface area (Å²) in [6.45, 7) is 0. The average molecular weight is 744 g/mol. The highest BCUT2D eigenvalue weighted by Crippen LogP contribution is 2.51. The van der Waals surface area contributed by atoms with Crippen molar-refractivity contribution in [2.24, 2.45) is 0 Å². The highest BCUT2D eigenvalue weighted by atomic mass is 16.3. The van der Waals surface area contributed by atoms with Gasteiger partial charge in [0.15, 0.2) is 11.2 Å². The first-order valence-corrected chi connectivity index (χ1v) is 19.6. The quantitative estimate of drug-likeness (QED) is 0.170. The van der Waals surface area contributed by atoms with Crippen LogP contribution in [0.2, 0.25) is 0 Å². The maximum absolute atomic E-state index is 7.34. The van der Waals surface area contributed by atoms with Crippen molar-refractivity contribution in [2.45, 2.75) is 0 Å². The summed E-state index contributed by atoms with van der Waals surface area (Å²) in [7, 11) is 0. The molecule has 0 N–H and O–H groups in total. The molecule has 12 aromatic rings. The first kappa shape index (κ1) is 32.4. The number of anilines is 3. The van der Waals surface area contributed by atoms with Gasteiger partial charge in [-0.05, 0) is 58.7 Å². The van der Waals surface area contributed by atoms with Crippen molar-refractivity contribution in [1.29, 1.82) is 0 Å². The van der Waals surface area contributed by atoms with Gasteiger partial charge >= 0.3 is 0 Å². The molecule has 0 aliphatic carbocycles. The molecule has 0 radical (unpaired) electrons. The molecule has 3 heterocycles. The minimum atomic E-state index is 0.771. The lowest BCUT2D eigenvalue weighted by atomic mass is 9.95. The molecule has 58 heavy (non-hydrogen) atoms. The van der Waals surface area contributed by atoms with Crippen LogP contribution in [0.1, 0.15) is 0 Å². The zero-order valence-electron chi connectivity index (χ0n) is 31.2. The zero-order valence-corrected chi connectivity index (χ0v) is 31.2. The zero-order chi connectivity index (χ0) is 38.2. The van der Waals surface area contributed by atoms with Crippen LogP contribution in [0.3, 0.4) is 0 Å². The van der Waals surface area contributed by atoms with E-state index in [-0.39, 0.29) is 0 Å². The van der Waals surface area contributed by atoms with Crippen LogP contribution in [0, 0.1) is 0 Å². The number of furan rings is 3. The summed E-state index contributed by atoms with van der Waals surface area (Å²) in [5.41, 5.74) is 14.3. The Labute approximate surface area is 333 Å². The molecule has 9 aromatic carbocycles. The standard InChI is InChI=1S/C54H33NO3/c1-3-15-34(16-4-1)35-29-31-37(32-30-35)50-51-42-21-9-12-28-48(42)56-49(51)33-43-41-23-14-26-46(53(41)58-54(43)50)55(44-24-10-7-19-38(44)36-17-5-2-6-18-36)45-25-13-22-40-39-20-8-11-27-47(39)57-52(40)45/h1-33H. The van der Waals surface area contributed by atoms with E-state index < -0.39 is 0 Å². The largest absolute Gasteiger partial charge is 0.456 e. The Bertz CT molecular complexity index is 3500. The predicted octanol–water partition coefficient (Wildman–Crippen LogP) is 15.9. The van der Waals surface area contributed by atoms with Crippen molar-refractivity contribution in [2.75, 3.05) is 4.90 Å². The molecule has 4 nitrogen and oxygen atoms in total. The Kier molecular flexibility index (Phi) is 7.20. The van der Waals surface area contributed by atoms with E-state index in [1.54, 1.807) is 0 Å². The molecule has 0 spiro atoms. The number of hydrogen-bond acceptors (Lipinski definition) is 4. The topological polar surface area (TPSA) is 42.7 Å². The molecule has 3 aromatic heterocycles. The van der Waals surface area contributed by atoms with Gasteiger partial charge in [0.1, 0.15) is 22.3 Å². The molecule has 0 aliphatic rings. The van der Waals surface area contributed by atoms with Crippen molar-refractivity contribution in [1.82, 2.24) is 0 Å². The molecule has 0 unspecified atom stereocenters. The van der Waals surface area contributed by atoms with Gasteiger partial charge in [0.2, 0.25) is 0 Å². The summed E-state index contributed by atoms with van der Waals surface area (Å²) < 4.78 is 20.7. The number of nitrogens with zero attached hydrogens (tertiary/aromatic N) is 1.